The molecule has 0 N–H and O–H groups in total. The van der Waals surface area contributed by atoms with Crippen LogP contribution in [0.1, 0.15) is 15.9 Å². The number of halogens is 1. The van der Waals surface area contributed by atoms with Gasteiger partial charge in [0, 0.05) is 37.7 Å². The number of amides is 1. The molecule has 160 valence electrons. The molecule has 1 aliphatic heterocycles. The highest BCUT2D eigenvalue weighted by Crippen LogP contribution is 2.31. The molecule has 0 aliphatic carbocycles. The average Bonchev–Trinajstić information content (AvgIpc) is 2.78. The predicted molar refractivity (Wildman–Crippen MR) is 113 cm³/mol. The molecule has 1 aliphatic rings. The molecule has 1 heterocycles. The van der Waals surface area contributed by atoms with Gasteiger partial charge in [-0.3, -0.25) is 9.69 Å². The molecule has 1 fully saturated rings. The molecule has 1 amide bonds. The van der Waals surface area contributed by atoms with Crippen LogP contribution in [0.4, 0.5) is 0 Å². The van der Waals surface area contributed by atoms with E-state index in [0.717, 1.165) is 24.7 Å². The standard InChI is InChI=1S/C22H25ClN2O5/c1-28-19-5-3-4-18(22(27)29-2)21(19)30-15-20(26)25-12-10-24(11-13-25)14-16-6-8-17(23)9-7-16/h3-9H,10-15H2,1-2H3. The summed E-state index contributed by atoms with van der Waals surface area (Å²) in [5, 5.41) is 0.722. The number of ether oxygens (including phenoxy) is 3. The lowest BCUT2D eigenvalue weighted by Gasteiger charge is -2.34. The molecule has 0 aromatic heterocycles. The monoisotopic (exact) mass is 432 g/mol. The van der Waals surface area contributed by atoms with Crippen LogP contribution in [0.25, 0.3) is 0 Å². The number of methoxy groups -OCH3 is 2. The molecule has 0 bridgehead atoms. The number of para-hydroxylation sites is 1. The zero-order chi connectivity index (χ0) is 21.5. The molecule has 1 saturated heterocycles. The van der Waals surface area contributed by atoms with Gasteiger partial charge in [-0.25, -0.2) is 4.79 Å². The van der Waals surface area contributed by atoms with Gasteiger partial charge < -0.3 is 19.1 Å². The van der Waals surface area contributed by atoms with E-state index in [1.807, 2.05) is 24.3 Å². The van der Waals surface area contributed by atoms with Crippen molar-refractivity contribution in [2.24, 2.45) is 0 Å². The number of nitrogens with zero attached hydrogens (tertiary/aromatic N) is 2. The SMILES string of the molecule is COC(=O)c1cccc(OC)c1OCC(=O)N1CCN(Cc2ccc(Cl)cc2)CC1. The molecular formula is C22H25ClN2O5. The van der Waals surface area contributed by atoms with E-state index in [1.165, 1.54) is 19.8 Å². The minimum Gasteiger partial charge on any atom is -0.493 e. The Morgan fingerprint density at radius 3 is 2.33 bits per heavy atom. The fraction of sp³-hybridized carbons (Fsp3) is 0.364. The Labute approximate surface area is 181 Å². The minimum atomic E-state index is -0.549. The summed E-state index contributed by atoms with van der Waals surface area (Å²) in [5.74, 6) is -0.102. The molecule has 2 aromatic carbocycles. The summed E-state index contributed by atoms with van der Waals surface area (Å²) in [5.41, 5.74) is 1.41. The quantitative estimate of drug-likeness (QED) is 0.627. The van der Waals surface area contributed by atoms with Gasteiger partial charge in [-0.1, -0.05) is 29.8 Å². The number of piperazine rings is 1. The first kappa shape index (κ1) is 21.9. The van der Waals surface area contributed by atoms with Crippen molar-refractivity contribution in [1.82, 2.24) is 9.80 Å². The van der Waals surface area contributed by atoms with Crippen molar-refractivity contribution in [3.63, 3.8) is 0 Å². The van der Waals surface area contributed by atoms with E-state index in [4.69, 9.17) is 25.8 Å². The summed E-state index contributed by atoms with van der Waals surface area (Å²) >= 11 is 5.93. The third kappa shape index (κ3) is 5.43. The van der Waals surface area contributed by atoms with Crippen LogP contribution in [-0.4, -0.2) is 68.7 Å². The number of esters is 1. The van der Waals surface area contributed by atoms with Gasteiger partial charge in [-0.05, 0) is 29.8 Å². The summed E-state index contributed by atoms with van der Waals surface area (Å²) < 4.78 is 15.7. The number of carbonyl (C=O) groups is 2. The lowest BCUT2D eigenvalue weighted by molar-refractivity contribution is -0.135. The highest BCUT2D eigenvalue weighted by Gasteiger charge is 2.23. The Balaban J connectivity index is 1.54. The van der Waals surface area contributed by atoms with Gasteiger partial charge in [0.15, 0.2) is 18.1 Å². The topological polar surface area (TPSA) is 68.3 Å². The highest BCUT2D eigenvalue weighted by molar-refractivity contribution is 6.30. The molecule has 3 rings (SSSR count). The van der Waals surface area contributed by atoms with Crippen molar-refractivity contribution in [1.29, 1.82) is 0 Å². The number of hydrogen-bond acceptors (Lipinski definition) is 6. The van der Waals surface area contributed by atoms with E-state index in [9.17, 15) is 9.59 Å². The molecule has 7 nitrogen and oxygen atoms in total. The average molecular weight is 433 g/mol. The van der Waals surface area contributed by atoms with Gasteiger partial charge in [0.1, 0.15) is 5.56 Å². The van der Waals surface area contributed by atoms with Gasteiger partial charge >= 0.3 is 5.97 Å². The lowest BCUT2D eigenvalue weighted by Crippen LogP contribution is -2.49. The first-order valence-corrected chi connectivity index (χ1v) is 10.0. The summed E-state index contributed by atoms with van der Waals surface area (Å²) in [6, 6.07) is 12.7. The normalized spacial score (nSPS) is 14.3. The maximum Gasteiger partial charge on any atom is 0.341 e. The number of benzene rings is 2. The van der Waals surface area contributed by atoms with Crippen LogP contribution in [0.3, 0.4) is 0 Å². The maximum absolute atomic E-state index is 12.6. The van der Waals surface area contributed by atoms with E-state index in [1.54, 1.807) is 23.1 Å². The molecule has 0 spiro atoms. The van der Waals surface area contributed by atoms with Crippen molar-refractivity contribution in [3.05, 3.63) is 58.6 Å². The van der Waals surface area contributed by atoms with Crippen LogP contribution in [0.15, 0.2) is 42.5 Å². The summed E-state index contributed by atoms with van der Waals surface area (Å²) in [7, 11) is 2.77. The molecule has 0 atom stereocenters. The van der Waals surface area contributed by atoms with E-state index in [0.29, 0.717) is 18.8 Å². The third-order valence-corrected chi connectivity index (χ3v) is 5.24. The Morgan fingerprint density at radius 1 is 1.00 bits per heavy atom. The largest absolute Gasteiger partial charge is 0.493 e. The highest BCUT2D eigenvalue weighted by atomic mass is 35.5. The van der Waals surface area contributed by atoms with Gasteiger partial charge in [-0.15, -0.1) is 0 Å². The van der Waals surface area contributed by atoms with Crippen LogP contribution in [0.2, 0.25) is 5.02 Å². The van der Waals surface area contributed by atoms with Crippen molar-refractivity contribution < 1.29 is 23.8 Å². The van der Waals surface area contributed by atoms with Crippen LogP contribution < -0.4 is 9.47 Å². The van der Waals surface area contributed by atoms with Crippen LogP contribution >= 0.6 is 11.6 Å². The van der Waals surface area contributed by atoms with Crippen molar-refractivity contribution in [2.75, 3.05) is 47.0 Å². The Hall–Kier alpha value is -2.77. The predicted octanol–water partition coefficient (Wildman–Crippen LogP) is 2.86. The maximum atomic E-state index is 12.6. The minimum absolute atomic E-state index is 0.136. The Kier molecular flexibility index (Phi) is 7.54. The fourth-order valence-electron chi connectivity index (χ4n) is 3.32. The third-order valence-electron chi connectivity index (χ3n) is 4.99. The second-order valence-electron chi connectivity index (χ2n) is 6.90. The first-order chi connectivity index (χ1) is 14.5. The Morgan fingerprint density at radius 2 is 1.70 bits per heavy atom. The van der Waals surface area contributed by atoms with Crippen LogP contribution in [0.5, 0.6) is 11.5 Å². The molecule has 0 radical (unpaired) electrons. The van der Waals surface area contributed by atoms with E-state index < -0.39 is 5.97 Å². The second-order valence-corrected chi connectivity index (χ2v) is 7.34. The van der Waals surface area contributed by atoms with Crippen molar-refractivity contribution >= 4 is 23.5 Å². The molecular weight excluding hydrogens is 408 g/mol. The van der Waals surface area contributed by atoms with Crippen LogP contribution in [0, 0.1) is 0 Å². The van der Waals surface area contributed by atoms with Crippen LogP contribution in [-0.2, 0) is 16.1 Å². The first-order valence-electron chi connectivity index (χ1n) is 9.64. The molecule has 2 aromatic rings. The zero-order valence-electron chi connectivity index (χ0n) is 17.1. The van der Waals surface area contributed by atoms with Gasteiger partial charge in [-0.2, -0.15) is 0 Å². The van der Waals surface area contributed by atoms with E-state index in [-0.39, 0.29) is 23.8 Å². The summed E-state index contributed by atoms with van der Waals surface area (Å²) in [6.07, 6.45) is 0. The van der Waals surface area contributed by atoms with Crippen molar-refractivity contribution in [3.8, 4) is 11.5 Å². The number of hydrogen-bond donors (Lipinski definition) is 0. The summed E-state index contributed by atoms with van der Waals surface area (Å²) in [4.78, 5) is 28.7. The molecule has 8 heteroatoms. The smallest absolute Gasteiger partial charge is 0.341 e. The lowest BCUT2D eigenvalue weighted by atomic mass is 10.2. The van der Waals surface area contributed by atoms with Gasteiger partial charge in [0.05, 0.1) is 14.2 Å². The number of rotatable bonds is 7. The fourth-order valence-corrected chi connectivity index (χ4v) is 3.45. The summed E-state index contributed by atoms with van der Waals surface area (Å²) in [6.45, 7) is 3.42. The molecule has 0 unspecified atom stereocenters. The van der Waals surface area contributed by atoms with Crippen molar-refractivity contribution in [2.45, 2.75) is 6.54 Å². The Bertz CT molecular complexity index is 880. The van der Waals surface area contributed by atoms with Gasteiger partial charge in [0.2, 0.25) is 0 Å². The van der Waals surface area contributed by atoms with E-state index >= 15 is 0 Å². The zero-order valence-corrected chi connectivity index (χ0v) is 17.9. The second kappa shape index (κ2) is 10.3. The molecule has 30 heavy (non-hydrogen) atoms. The number of carbonyl (C=O) groups excluding carboxylic acids is 2. The molecule has 0 saturated carbocycles. The van der Waals surface area contributed by atoms with Gasteiger partial charge in [0.25, 0.3) is 5.91 Å². The van der Waals surface area contributed by atoms with E-state index in [2.05, 4.69) is 4.90 Å².